The van der Waals surface area contributed by atoms with Crippen molar-refractivity contribution in [2.24, 2.45) is 5.92 Å². The second-order valence-corrected chi connectivity index (χ2v) is 6.49. The predicted molar refractivity (Wildman–Crippen MR) is 83.5 cm³/mol. The highest BCUT2D eigenvalue weighted by Crippen LogP contribution is 2.20. The molecular formula is C16H26N4O2. The summed E-state index contributed by atoms with van der Waals surface area (Å²) < 4.78 is 7.44. The molecule has 2 aliphatic rings. The lowest BCUT2D eigenvalue weighted by atomic mass is 9.96. The van der Waals surface area contributed by atoms with Crippen LogP contribution in [0.15, 0.2) is 12.4 Å². The third-order valence-corrected chi connectivity index (χ3v) is 4.59. The van der Waals surface area contributed by atoms with Crippen molar-refractivity contribution < 1.29 is 9.53 Å². The molecule has 1 aromatic heterocycles. The molecule has 2 saturated heterocycles. The zero-order valence-corrected chi connectivity index (χ0v) is 13.3. The summed E-state index contributed by atoms with van der Waals surface area (Å²) in [5.41, 5.74) is 1.20. The Kier molecular flexibility index (Phi) is 5.10. The van der Waals surface area contributed by atoms with Crippen LogP contribution in [0.4, 0.5) is 0 Å². The predicted octanol–water partition coefficient (Wildman–Crippen LogP) is 0.809. The van der Waals surface area contributed by atoms with Gasteiger partial charge in [0.1, 0.15) is 0 Å². The number of morpholine rings is 1. The van der Waals surface area contributed by atoms with Crippen LogP contribution in [0.2, 0.25) is 0 Å². The van der Waals surface area contributed by atoms with Gasteiger partial charge < -0.3 is 15.0 Å². The molecule has 0 bridgehead atoms. The van der Waals surface area contributed by atoms with Crippen LogP contribution in [-0.2, 0) is 16.1 Å². The molecule has 1 aromatic rings. The number of piperidine rings is 1. The van der Waals surface area contributed by atoms with Crippen LogP contribution in [0, 0.1) is 12.8 Å². The first kappa shape index (κ1) is 15.5. The number of rotatable bonds is 4. The van der Waals surface area contributed by atoms with E-state index in [4.69, 9.17) is 4.74 Å². The Hall–Kier alpha value is -1.40. The molecule has 122 valence electrons. The summed E-state index contributed by atoms with van der Waals surface area (Å²) in [5, 5.41) is 7.70. The number of ether oxygens (including phenoxy) is 1. The van der Waals surface area contributed by atoms with Gasteiger partial charge in [0.15, 0.2) is 0 Å². The van der Waals surface area contributed by atoms with Crippen molar-refractivity contribution in [3.8, 4) is 0 Å². The fraction of sp³-hybridized carbons (Fsp3) is 0.750. The van der Waals surface area contributed by atoms with Crippen LogP contribution in [0.25, 0.3) is 0 Å². The van der Waals surface area contributed by atoms with Gasteiger partial charge in [-0.15, -0.1) is 0 Å². The van der Waals surface area contributed by atoms with E-state index < -0.39 is 0 Å². The number of hydrogen-bond donors (Lipinski definition) is 1. The number of carbonyl (C=O) groups is 1. The Morgan fingerprint density at radius 3 is 2.91 bits per heavy atom. The Balaban J connectivity index is 1.41. The Labute approximate surface area is 131 Å². The summed E-state index contributed by atoms with van der Waals surface area (Å²) in [7, 11) is 0. The Morgan fingerprint density at radius 2 is 2.27 bits per heavy atom. The number of aromatic nitrogens is 2. The van der Waals surface area contributed by atoms with Crippen molar-refractivity contribution in [3.05, 3.63) is 18.0 Å². The van der Waals surface area contributed by atoms with Crippen LogP contribution in [0.1, 0.15) is 24.8 Å². The van der Waals surface area contributed by atoms with Gasteiger partial charge in [-0.25, -0.2) is 0 Å². The highest BCUT2D eigenvalue weighted by molar-refractivity contribution is 5.77. The SMILES string of the molecule is Cc1cnn(CC2CCN(C(=O)CC3COCCN3)CC2)c1. The van der Waals surface area contributed by atoms with E-state index in [1.54, 1.807) is 0 Å². The quantitative estimate of drug-likeness (QED) is 0.894. The van der Waals surface area contributed by atoms with Gasteiger partial charge in [-0.3, -0.25) is 9.48 Å². The smallest absolute Gasteiger partial charge is 0.224 e. The molecule has 1 amide bonds. The molecule has 3 heterocycles. The molecule has 0 saturated carbocycles. The van der Waals surface area contributed by atoms with Crippen LogP contribution >= 0.6 is 0 Å². The van der Waals surface area contributed by atoms with E-state index >= 15 is 0 Å². The highest BCUT2D eigenvalue weighted by Gasteiger charge is 2.25. The number of aryl methyl sites for hydroxylation is 1. The summed E-state index contributed by atoms with van der Waals surface area (Å²) in [6.45, 7) is 7.03. The molecule has 22 heavy (non-hydrogen) atoms. The van der Waals surface area contributed by atoms with E-state index in [0.29, 0.717) is 18.9 Å². The van der Waals surface area contributed by atoms with E-state index in [9.17, 15) is 4.79 Å². The second kappa shape index (κ2) is 7.24. The maximum absolute atomic E-state index is 12.3. The van der Waals surface area contributed by atoms with E-state index in [-0.39, 0.29) is 11.9 Å². The lowest BCUT2D eigenvalue weighted by Gasteiger charge is -2.33. The van der Waals surface area contributed by atoms with Gasteiger partial charge in [-0.2, -0.15) is 5.10 Å². The molecule has 1 unspecified atom stereocenters. The Morgan fingerprint density at radius 1 is 1.45 bits per heavy atom. The molecule has 1 atom stereocenters. The van der Waals surface area contributed by atoms with E-state index in [2.05, 4.69) is 23.5 Å². The van der Waals surface area contributed by atoms with Crippen molar-refractivity contribution in [1.29, 1.82) is 0 Å². The second-order valence-electron chi connectivity index (χ2n) is 6.49. The topological polar surface area (TPSA) is 59.4 Å². The average molecular weight is 306 g/mol. The molecule has 2 aliphatic heterocycles. The number of nitrogens with zero attached hydrogens (tertiary/aromatic N) is 3. The van der Waals surface area contributed by atoms with Gasteiger partial charge in [0.05, 0.1) is 19.4 Å². The van der Waals surface area contributed by atoms with Crippen molar-refractivity contribution in [3.63, 3.8) is 0 Å². The molecular weight excluding hydrogens is 280 g/mol. The number of nitrogens with one attached hydrogen (secondary N) is 1. The standard InChI is InChI=1S/C16H26N4O2/c1-13-9-18-20(10-13)11-14-2-5-19(6-3-14)16(21)8-15-12-22-7-4-17-15/h9-10,14-15,17H,2-8,11-12H2,1H3. The number of likely N-dealkylation sites (tertiary alicyclic amines) is 1. The number of amides is 1. The molecule has 0 aliphatic carbocycles. The van der Waals surface area contributed by atoms with Crippen molar-refractivity contribution in [1.82, 2.24) is 20.0 Å². The molecule has 6 nitrogen and oxygen atoms in total. The van der Waals surface area contributed by atoms with Crippen LogP contribution in [-0.4, -0.2) is 59.5 Å². The summed E-state index contributed by atoms with van der Waals surface area (Å²) >= 11 is 0. The molecule has 1 N–H and O–H groups in total. The van der Waals surface area contributed by atoms with E-state index in [0.717, 1.165) is 45.6 Å². The van der Waals surface area contributed by atoms with Gasteiger partial charge >= 0.3 is 0 Å². The first-order chi connectivity index (χ1) is 10.7. The third-order valence-electron chi connectivity index (χ3n) is 4.59. The molecule has 0 aromatic carbocycles. The van der Waals surface area contributed by atoms with Crippen LogP contribution < -0.4 is 5.32 Å². The maximum Gasteiger partial charge on any atom is 0.224 e. The van der Waals surface area contributed by atoms with Gasteiger partial charge in [0, 0.05) is 44.8 Å². The fourth-order valence-electron chi connectivity index (χ4n) is 3.29. The summed E-state index contributed by atoms with van der Waals surface area (Å²) in [6, 6.07) is 0.186. The molecule has 6 heteroatoms. The normalized spacial score (nSPS) is 23.7. The minimum Gasteiger partial charge on any atom is -0.378 e. The maximum atomic E-state index is 12.3. The molecule has 0 radical (unpaired) electrons. The molecule has 0 spiro atoms. The first-order valence-corrected chi connectivity index (χ1v) is 8.28. The summed E-state index contributed by atoms with van der Waals surface area (Å²) in [5.74, 6) is 0.885. The first-order valence-electron chi connectivity index (χ1n) is 8.28. The highest BCUT2D eigenvalue weighted by atomic mass is 16.5. The van der Waals surface area contributed by atoms with Crippen molar-refractivity contribution in [2.45, 2.75) is 38.8 Å². The number of carbonyl (C=O) groups excluding carboxylic acids is 1. The summed E-state index contributed by atoms with van der Waals surface area (Å²) in [4.78, 5) is 14.4. The molecule has 3 rings (SSSR count). The lowest BCUT2D eigenvalue weighted by molar-refractivity contribution is -0.133. The van der Waals surface area contributed by atoms with E-state index in [1.807, 2.05) is 15.8 Å². The molecule has 2 fully saturated rings. The van der Waals surface area contributed by atoms with Crippen LogP contribution in [0.3, 0.4) is 0 Å². The van der Waals surface area contributed by atoms with Gasteiger partial charge in [0.25, 0.3) is 0 Å². The van der Waals surface area contributed by atoms with Gasteiger partial charge in [0.2, 0.25) is 5.91 Å². The van der Waals surface area contributed by atoms with Gasteiger partial charge in [-0.1, -0.05) is 0 Å². The lowest BCUT2D eigenvalue weighted by Crippen LogP contribution is -2.46. The minimum atomic E-state index is 0.186. The van der Waals surface area contributed by atoms with E-state index in [1.165, 1.54) is 5.56 Å². The zero-order chi connectivity index (χ0) is 15.4. The number of hydrogen-bond acceptors (Lipinski definition) is 4. The van der Waals surface area contributed by atoms with Gasteiger partial charge in [-0.05, 0) is 31.2 Å². The average Bonchev–Trinajstić information content (AvgIpc) is 2.94. The third kappa shape index (κ3) is 4.08. The summed E-state index contributed by atoms with van der Waals surface area (Å²) in [6.07, 6.45) is 6.69. The van der Waals surface area contributed by atoms with Crippen molar-refractivity contribution in [2.75, 3.05) is 32.8 Å². The minimum absolute atomic E-state index is 0.186. The van der Waals surface area contributed by atoms with Crippen molar-refractivity contribution >= 4 is 5.91 Å². The zero-order valence-electron chi connectivity index (χ0n) is 13.3. The fourth-order valence-corrected chi connectivity index (χ4v) is 3.29. The monoisotopic (exact) mass is 306 g/mol. The largest absolute Gasteiger partial charge is 0.378 e. The van der Waals surface area contributed by atoms with Crippen LogP contribution in [0.5, 0.6) is 0 Å². The Bertz CT molecular complexity index is 488.